The van der Waals surface area contributed by atoms with Crippen LogP contribution in [-0.2, 0) is 19.1 Å². The number of H-pyrrole nitrogens is 1. The fraction of sp³-hybridized carbons (Fsp3) is 0.438. The Morgan fingerprint density at radius 3 is 2.88 bits per heavy atom. The van der Waals surface area contributed by atoms with Gasteiger partial charge in [-0.3, -0.25) is 9.59 Å². The number of nitrogens with one attached hydrogen (secondary N) is 2. The molecule has 1 atom stereocenters. The molecular weight excluding hydrogens is 337 g/mol. The minimum atomic E-state index is -4.45. The van der Waals surface area contributed by atoms with Crippen LogP contribution in [-0.4, -0.2) is 27.0 Å². The summed E-state index contributed by atoms with van der Waals surface area (Å²) < 4.78 is 39.7. The second kappa shape index (κ2) is 6.38. The lowest BCUT2D eigenvalue weighted by molar-refractivity contribution is -0.141. The molecule has 0 radical (unpaired) electrons. The fourth-order valence-electron chi connectivity index (χ4n) is 2.97. The van der Waals surface area contributed by atoms with Crippen LogP contribution in [0.15, 0.2) is 23.1 Å². The van der Waals surface area contributed by atoms with Crippen LogP contribution in [0.4, 0.5) is 13.2 Å². The highest BCUT2D eigenvalue weighted by molar-refractivity contribution is 5.95. The van der Waals surface area contributed by atoms with Crippen molar-refractivity contribution in [3.8, 4) is 0 Å². The first kappa shape index (κ1) is 17.2. The molecule has 0 aromatic carbocycles. The molecule has 0 unspecified atom stereocenters. The second-order valence-corrected chi connectivity index (χ2v) is 6.17. The topological polar surface area (TPSA) is 79.8 Å². The molecule has 1 aliphatic rings. The highest BCUT2D eigenvalue weighted by atomic mass is 19.4. The fourth-order valence-corrected chi connectivity index (χ4v) is 2.97. The molecule has 3 heterocycles. The summed E-state index contributed by atoms with van der Waals surface area (Å²) >= 11 is 0. The molecule has 1 amide bonds. The van der Waals surface area contributed by atoms with E-state index in [1.54, 1.807) is 6.92 Å². The number of hydrogen-bond acceptors (Lipinski definition) is 3. The Bertz CT molecular complexity index is 854. The predicted molar refractivity (Wildman–Crippen MR) is 83.2 cm³/mol. The van der Waals surface area contributed by atoms with Crippen LogP contribution in [0.3, 0.4) is 0 Å². The van der Waals surface area contributed by atoms with E-state index in [0.717, 1.165) is 6.20 Å². The van der Waals surface area contributed by atoms with Crippen molar-refractivity contribution in [2.75, 3.05) is 6.54 Å². The Balaban J connectivity index is 1.62. The lowest BCUT2D eigenvalue weighted by atomic mass is 9.99. The molecule has 3 rings (SSSR count). The Morgan fingerprint density at radius 1 is 1.44 bits per heavy atom. The van der Waals surface area contributed by atoms with Gasteiger partial charge in [0, 0.05) is 37.5 Å². The zero-order chi connectivity index (χ0) is 18.2. The average molecular weight is 354 g/mol. The number of aromatic nitrogens is 3. The molecule has 6 nitrogen and oxygen atoms in total. The van der Waals surface area contributed by atoms with Crippen molar-refractivity contribution in [2.24, 2.45) is 5.92 Å². The first-order valence-corrected chi connectivity index (χ1v) is 7.85. The van der Waals surface area contributed by atoms with E-state index in [1.165, 1.54) is 16.7 Å². The largest absolute Gasteiger partial charge is 0.434 e. The zero-order valence-electron chi connectivity index (χ0n) is 13.5. The maximum atomic E-state index is 12.7. The quantitative estimate of drug-likeness (QED) is 0.883. The van der Waals surface area contributed by atoms with E-state index in [1.807, 2.05) is 0 Å². The van der Waals surface area contributed by atoms with Crippen molar-refractivity contribution in [3.05, 3.63) is 51.5 Å². The van der Waals surface area contributed by atoms with Gasteiger partial charge in [-0.2, -0.15) is 13.2 Å². The van der Waals surface area contributed by atoms with Crippen LogP contribution < -0.4 is 10.9 Å². The molecule has 134 valence electrons. The Kier molecular flexibility index (Phi) is 4.40. The van der Waals surface area contributed by atoms with Crippen molar-refractivity contribution < 1.29 is 18.0 Å². The number of nitrogens with zero attached hydrogens (tertiary/aromatic N) is 2. The number of fused-ring (bicyclic) bond motifs is 1. The molecule has 2 aromatic heterocycles. The van der Waals surface area contributed by atoms with Crippen molar-refractivity contribution in [1.29, 1.82) is 0 Å². The number of imidazole rings is 1. The summed E-state index contributed by atoms with van der Waals surface area (Å²) in [5.74, 6) is 0.127. The van der Waals surface area contributed by atoms with Crippen molar-refractivity contribution >= 4 is 5.91 Å². The van der Waals surface area contributed by atoms with Crippen LogP contribution in [0.25, 0.3) is 0 Å². The van der Waals surface area contributed by atoms with E-state index in [0.29, 0.717) is 43.0 Å². The van der Waals surface area contributed by atoms with E-state index in [9.17, 15) is 22.8 Å². The van der Waals surface area contributed by atoms with Crippen LogP contribution >= 0.6 is 0 Å². The van der Waals surface area contributed by atoms with Gasteiger partial charge in [-0.05, 0) is 25.3 Å². The number of aromatic amines is 1. The van der Waals surface area contributed by atoms with Gasteiger partial charge in [-0.1, -0.05) is 0 Å². The van der Waals surface area contributed by atoms with Crippen molar-refractivity contribution in [1.82, 2.24) is 19.9 Å². The molecule has 0 bridgehead atoms. The van der Waals surface area contributed by atoms with Crippen LogP contribution in [0.1, 0.15) is 34.0 Å². The summed E-state index contributed by atoms with van der Waals surface area (Å²) in [5.41, 5.74) is -0.316. The lowest BCUT2D eigenvalue weighted by Gasteiger charge is -2.24. The maximum Gasteiger partial charge on any atom is 0.434 e. The summed E-state index contributed by atoms with van der Waals surface area (Å²) in [6.07, 6.45) is -2.33. The molecule has 25 heavy (non-hydrogen) atoms. The van der Waals surface area contributed by atoms with Gasteiger partial charge in [-0.15, -0.1) is 0 Å². The third kappa shape index (κ3) is 3.75. The van der Waals surface area contributed by atoms with Crippen LogP contribution in [0.5, 0.6) is 0 Å². The maximum absolute atomic E-state index is 12.7. The van der Waals surface area contributed by atoms with Gasteiger partial charge in [0.25, 0.3) is 5.91 Å². The number of amides is 1. The number of carbonyl (C=O) groups excluding carboxylic acids is 1. The number of pyridine rings is 1. The van der Waals surface area contributed by atoms with E-state index >= 15 is 0 Å². The molecule has 0 aliphatic carbocycles. The highest BCUT2D eigenvalue weighted by Crippen LogP contribution is 2.30. The second-order valence-electron chi connectivity index (χ2n) is 6.17. The summed E-state index contributed by atoms with van der Waals surface area (Å²) in [4.78, 5) is 29.6. The summed E-state index contributed by atoms with van der Waals surface area (Å²) in [6, 6.07) is 2.73. The number of halogens is 3. The first-order chi connectivity index (χ1) is 11.7. The van der Waals surface area contributed by atoms with Crippen molar-refractivity contribution in [3.63, 3.8) is 0 Å². The monoisotopic (exact) mass is 354 g/mol. The molecular formula is C16H17F3N4O2. The van der Waals surface area contributed by atoms with Crippen molar-refractivity contribution in [2.45, 2.75) is 32.5 Å². The van der Waals surface area contributed by atoms with Gasteiger partial charge < -0.3 is 14.9 Å². The molecule has 0 fully saturated rings. The van der Waals surface area contributed by atoms with Gasteiger partial charge in [0.15, 0.2) is 5.69 Å². The van der Waals surface area contributed by atoms with E-state index in [4.69, 9.17) is 0 Å². The number of aryl methyl sites for hydroxylation is 2. The summed E-state index contributed by atoms with van der Waals surface area (Å²) in [7, 11) is 0. The zero-order valence-corrected chi connectivity index (χ0v) is 13.5. The summed E-state index contributed by atoms with van der Waals surface area (Å²) in [5, 5.41) is 2.78. The molecule has 2 aromatic rings. The van der Waals surface area contributed by atoms with E-state index < -0.39 is 11.9 Å². The first-order valence-electron chi connectivity index (χ1n) is 7.85. The Labute approximate surface area is 141 Å². The Morgan fingerprint density at radius 2 is 2.20 bits per heavy atom. The number of hydrogen-bond donors (Lipinski definition) is 2. The third-order valence-corrected chi connectivity index (χ3v) is 4.29. The van der Waals surface area contributed by atoms with Gasteiger partial charge >= 0.3 is 6.18 Å². The molecule has 0 spiro atoms. The highest BCUT2D eigenvalue weighted by Gasteiger charge is 2.35. The Hall–Kier alpha value is -2.58. The van der Waals surface area contributed by atoms with Crippen LogP contribution in [0, 0.1) is 12.8 Å². The van der Waals surface area contributed by atoms with Gasteiger partial charge in [0.2, 0.25) is 5.56 Å². The van der Waals surface area contributed by atoms with Gasteiger partial charge in [0.05, 0.1) is 5.56 Å². The molecule has 2 N–H and O–H groups in total. The number of rotatable bonds is 3. The van der Waals surface area contributed by atoms with Gasteiger partial charge in [-0.25, -0.2) is 4.98 Å². The average Bonchev–Trinajstić information content (AvgIpc) is 2.96. The standard InChI is InChI=1S/C16H17F3N4O2/c1-9-11(3-5-14(24)21-9)15(25)20-6-10-2-4-13-22-12(16(17,18)19)8-23(13)7-10/h3,5,8,10H,2,4,6-7H2,1H3,(H,20,25)(H,21,24)/t10-/m1/s1. The predicted octanol–water partition coefficient (Wildman–Crippen LogP) is 1.89. The number of carbonyl (C=O) groups is 1. The minimum Gasteiger partial charge on any atom is -0.352 e. The molecule has 9 heteroatoms. The third-order valence-electron chi connectivity index (χ3n) is 4.29. The van der Waals surface area contributed by atoms with E-state index in [2.05, 4.69) is 15.3 Å². The van der Waals surface area contributed by atoms with Gasteiger partial charge in [0.1, 0.15) is 5.82 Å². The SMILES string of the molecule is Cc1[nH]c(=O)ccc1C(=O)NC[C@H]1CCc2nc(C(F)(F)F)cn2C1. The smallest absolute Gasteiger partial charge is 0.352 e. The summed E-state index contributed by atoms with van der Waals surface area (Å²) in [6.45, 7) is 2.35. The number of alkyl halides is 3. The molecule has 1 aliphatic heterocycles. The molecule has 0 saturated carbocycles. The van der Waals surface area contributed by atoms with E-state index in [-0.39, 0.29) is 17.4 Å². The lowest BCUT2D eigenvalue weighted by Crippen LogP contribution is -2.34. The minimum absolute atomic E-state index is 0.0230. The van der Waals surface area contributed by atoms with Crippen LogP contribution in [0.2, 0.25) is 0 Å². The normalized spacial score (nSPS) is 17.2. The molecule has 0 saturated heterocycles.